The number of amides is 2. The van der Waals surface area contributed by atoms with Crippen LogP contribution in [0.4, 0.5) is 0 Å². The van der Waals surface area contributed by atoms with E-state index in [0.717, 1.165) is 29.9 Å². The van der Waals surface area contributed by atoms with Gasteiger partial charge in [-0.15, -0.1) is 0 Å². The fourth-order valence-electron chi connectivity index (χ4n) is 3.86. The number of piperidine rings is 1. The first kappa shape index (κ1) is 18.5. The molecule has 3 heterocycles. The van der Waals surface area contributed by atoms with Gasteiger partial charge in [-0.2, -0.15) is 0 Å². The molecule has 6 heteroatoms. The van der Waals surface area contributed by atoms with Crippen molar-refractivity contribution in [3.63, 3.8) is 0 Å². The second kappa shape index (κ2) is 8.42. The van der Waals surface area contributed by atoms with Crippen LogP contribution in [0.15, 0.2) is 42.7 Å². The molecule has 0 radical (unpaired) electrons. The van der Waals surface area contributed by atoms with Gasteiger partial charge in [-0.25, -0.2) is 0 Å². The summed E-state index contributed by atoms with van der Waals surface area (Å²) in [4.78, 5) is 31.0. The molecule has 2 aliphatic heterocycles. The van der Waals surface area contributed by atoms with Crippen LogP contribution in [-0.2, 0) is 29.0 Å². The SMILES string of the molecule is O=C(NCc1cccnc1)C1CCN(C(=O)Cc2ccc3c(c2)CCO3)CC1. The molecule has 28 heavy (non-hydrogen) atoms. The zero-order chi connectivity index (χ0) is 19.3. The van der Waals surface area contributed by atoms with Crippen molar-refractivity contribution in [3.05, 3.63) is 59.4 Å². The number of carbonyl (C=O) groups excluding carboxylic acids is 2. The second-order valence-corrected chi connectivity index (χ2v) is 7.45. The Morgan fingerprint density at radius 3 is 2.82 bits per heavy atom. The number of pyridine rings is 1. The predicted molar refractivity (Wildman–Crippen MR) is 105 cm³/mol. The van der Waals surface area contributed by atoms with Crippen molar-refractivity contribution >= 4 is 11.8 Å². The summed E-state index contributed by atoms with van der Waals surface area (Å²) in [6.45, 7) is 2.49. The Morgan fingerprint density at radius 2 is 2.04 bits per heavy atom. The molecule has 1 N–H and O–H groups in total. The maximum atomic E-state index is 12.6. The molecule has 1 saturated heterocycles. The van der Waals surface area contributed by atoms with E-state index in [0.29, 0.717) is 38.9 Å². The van der Waals surface area contributed by atoms with E-state index in [1.54, 1.807) is 12.4 Å². The monoisotopic (exact) mass is 379 g/mol. The Labute approximate surface area is 164 Å². The number of rotatable bonds is 5. The van der Waals surface area contributed by atoms with Crippen molar-refractivity contribution < 1.29 is 14.3 Å². The summed E-state index contributed by atoms with van der Waals surface area (Å²) in [6.07, 6.45) is 6.22. The lowest BCUT2D eigenvalue weighted by Gasteiger charge is -2.31. The van der Waals surface area contributed by atoms with Gasteiger partial charge in [0.1, 0.15) is 5.75 Å². The first-order valence-corrected chi connectivity index (χ1v) is 9.88. The fraction of sp³-hybridized carbons (Fsp3) is 0.409. The Morgan fingerprint density at radius 1 is 1.18 bits per heavy atom. The molecule has 0 spiro atoms. The highest BCUT2D eigenvalue weighted by Crippen LogP contribution is 2.26. The Balaban J connectivity index is 1.24. The maximum absolute atomic E-state index is 12.6. The summed E-state index contributed by atoms with van der Waals surface area (Å²) in [5, 5.41) is 2.98. The molecule has 1 aromatic carbocycles. The Kier molecular flexibility index (Phi) is 5.55. The number of hydrogen-bond acceptors (Lipinski definition) is 4. The number of nitrogens with one attached hydrogen (secondary N) is 1. The number of likely N-dealkylation sites (tertiary alicyclic amines) is 1. The van der Waals surface area contributed by atoms with Crippen LogP contribution in [0.1, 0.15) is 29.5 Å². The minimum absolute atomic E-state index is 0.0298. The summed E-state index contributed by atoms with van der Waals surface area (Å²) in [5.74, 6) is 1.11. The second-order valence-electron chi connectivity index (χ2n) is 7.45. The largest absolute Gasteiger partial charge is 0.493 e. The molecular formula is C22H25N3O3. The van der Waals surface area contributed by atoms with E-state index in [9.17, 15) is 9.59 Å². The molecule has 6 nitrogen and oxygen atoms in total. The fourth-order valence-corrected chi connectivity index (χ4v) is 3.86. The van der Waals surface area contributed by atoms with E-state index in [1.165, 1.54) is 5.56 Å². The van der Waals surface area contributed by atoms with Gasteiger partial charge in [-0.3, -0.25) is 14.6 Å². The summed E-state index contributed by atoms with van der Waals surface area (Å²) in [5.41, 5.74) is 3.21. The van der Waals surface area contributed by atoms with Crippen LogP contribution in [0.25, 0.3) is 0 Å². The van der Waals surface area contributed by atoms with Crippen molar-refractivity contribution in [2.75, 3.05) is 19.7 Å². The first-order chi connectivity index (χ1) is 13.7. The summed E-state index contributed by atoms with van der Waals surface area (Å²) >= 11 is 0. The minimum Gasteiger partial charge on any atom is -0.493 e. The molecule has 2 amide bonds. The Hall–Kier alpha value is -2.89. The molecule has 1 aromatic heterocycles. The van der Waals surface area contributed by atoms with E-state index in [-0.39, 0.29) is 17.7 Å². The number of fused-ring (bicyclic) bond motifs is 1. The normalized spacial score (nSPS) is 16.4. The van der Waals surface area contributed by atoms with Gasteiger partial charge in [0.25, 0.3) is 0 Å². The first-order valence-electron chi connectivity index (χ1n) is 9.88. The Bertz CT molecular complexity index is 845. The van der Waals surface area contributed by atoms with Crippen LogP contribution in [0, 0.1) is 5.92 Å². The van der Waals surface area contributed by atoms with Gasteiger partial charge in [-0.05, 0) is 41.7 Å². The highest BCUT2D eigenvalue weighted by molar-refractivity contribution is 5.81. The van der Waals surface area contributed by atoms with Crippen LogP contribution in [0.3, 0.4) is 0 Å². The third kappa shape index (κ3) is 4.32. The standard InChI is InChI=1S/C22H25N3O3/c26-21(13-16-3-4-20-19(12-16)7-11-28-20)25-9-5-18(6-10-25)22(27)24-15-17-2-1-8-23-14-17/h1-4,8,12,14,18H,5-7,9-11,13,15H2,(H,24,27). The number of aromatic nitrogens is 1. The van der Waals surface area contributed by atoms with E-state index in [1.807, 2.05) is 29.2 Å². The van der Waals surface area contributed by atoms with Crippen molar-refractivity contribution in [2.45, 2.75) is 32.2 Å². The summed E-state index contributed by atoms with van der Waals surface area (Å²) in [6, 6.07) is 9.82. The van der Waals surface area contributed by atoms with Gasteiger partial charge >= 0.3 is 0 Å². The molecule has 4 rings (SSSR count). The van der Waals surface area contributed by atoms with Crippen LogP contribution in [0.5, 0.6) is 5.75 Å². The number of nitrogens with zero attached hydrogens (tertiary/aromatic N) is 2. The smallest absolute Gasteiger partial charge is 0.226 e. The van der Waals surface area contributed by atoms with Crippen molar-refractivity contribution in [1.82, 2.24) is 15.2 Å². The third-order valence-electron chi connectivity index (χ3n) is 5.52. The zero-order valence-corrected chi connectivity index (χ0v) is 15.9. The van der Waals surface area contributed by atoms with Gasteiger partial charge in [0.15, 0.2) is 0 Å². The topological polar surface area (TPSA) is 71.5 Å². The molecule has 1 fully saturated rings. The molecule has 146 valence electrons. The highest BCUT2D eigenvalue weighted by Gasteiger charge is 2.27. The summed E-state index contributed by atoms with van der Waals surface area (Å²) in [7, 11) is 0. The average Bonchev–Trinajstić information content (AvgIpc) is 3.21. The summed E-state index contributed by atoms with van der Waals surface area (Å²) < 4.78 is 5.52. The number of carbonyl (C=O) groups is 2. The number of ether oxygens (including phenoxy) is 1. The highest BCUT2D eigenvalue weighted by atomic mass is 16.5. The lowest BCUT2D eigenvalue weighted by Crippen LogP contribution is -2.43. The van der Waals surface area contributed by atoms with Gasteiger partial charge in [0.05, 0.1) is 13.0 Å². The number of benzene rings is 1. The van der Waals surface area contributed by atoms with E-state index in [4.69, 9.17) is 4.74 Å². The third-order valence-corrected chi connectivity index (χ3v) is 5.52. The number of hydrogen-bond donors (Lipinski definition) is 1. The molecular weight excluding hydrogens is 354 g/mol. The predicted octanol–water partition coefficient (Wildman–Crippen LogP) is 2.11. The molecule has 0 aliphatic carbocycles. The minimum atomic E-state index is -0.0298. The van der Waals surface area contributed by atoms with E-state index < -0.39 is 0 Å². The quantitative estimate of drug-likeness (QED) is 0.864. The van der Waals surface area contributed by atoms with Gasteiger partial charge in [0, 0.05) is 44.4 Å². The van der Waals surface area contributed by atoms with Crippen LogP contribution >= 0.6 is 0 Å². The van der Waals surface area contributed by atoms with E-state index >= 15 is 0 Å². The van der Waals surface area contributed by atoms with Gasteiger partial charge in [0.2, 0.25) is 11.8 Å². The molecule has 0 unspecified atom stereocenters. The lowest BCUT2D eigenvalue weighted by atomic mass is 9.95. The lowest BCUT2D eigenvalue weighted by molar-refractivity contribution is -0.135. The molecule has 0 atom stereocenters. The maximum Gasteiger partial charge on any atom is 0.226 e. The molecule has 2 aliphatic rings. The van der Waals surface area contributed by atoms with Crippen molar-refractivity contribution in [3.8, 4) is 5.75 Å². The van der Waals surface area contributed by atoms with Gasteiger partial charge in [-0.1, -0.05) is 18.2 Å². The van der Waals surface area contributed by atoms with Gasteiger partial charge < -0.3 is 15.0 Å². The molecule has 0 saturated carbocycles. The van der Waals surface area contributed by atoms with Crippen LogP contribution in [-0.4, -0.2) is 41.4 Å². The van der Waals surface area contributed by atoms with E-state index in [2.05, 4.69) is 16.4 Å². The zero-order valence-electron chi connectivity index (χ0n) is 15.9. The molecule has 2 aromatic rings. The average molecular weight is 379 g/mol. The van der Waals surface area contributed by atoms with Crippen molar-refractivity contribution in [1.29, 1.82) is 0 Å². The molecule has 0 bridgehead atoms. The van der Waals surface area contributed by atoms with Crippen LogP contribution < -0.4 is 10.1 Å². The van der Waals surface area contributed by atoms with Crippen molar-refractivity contribution in [2.24, 2.45) is 5.92 Å². The van der Waals surface area contributed by atoms with Crippen LogP contribution in [0.2, 0.25) is 0 Å².